The molecule has 0 fully saturated rings. The number of hydrogen-bond donors (Lipinski definition) is 0. The molecule has 3 heteroatoms. The molecule has 106 valence electrons. The Hall–Kier alpha value is -0.488. The zero-order chi connectivity index (χ0) is 14.3. The third kappa shape index (κ3) is 7.62. The molecule has 1 atom stereocenters. The molecule has 0 aliphatic heterocycles. The van der Waals surface area contributed by atoms with Crippen molar-refractivity contribution < 1.29 is 8.53 Å². The van der Waals surface area contributed by atoms with Crippen molar-refractivity contribution in [1.82, 2.24) is 0 Å². The number of hydrogen-bond acceptors (Lipinski definition) is 2. The molecule has 19 heavy (non-hydrogen) atoms. The molecule has 1 aromatic carbocycles. The molecule has 0 aromatic heterocycles. The van der Waals surface area contributed by atoms with E-state index in [1.807, 2.05) is 37.3 Å². The van der Waals surface area contributed by atoms with Crippen LogP contribution >= 0.6 is 0 Å². The van der Waals surface area contributed by atoms with Gasteiger partial charge in [0.15, 0.2) is 6.29 Å². The maximum absolute atomic E-state index is 6.19. The van der Waals surface area contributed by atoms with E-state index in [0.29, 0.717) is 11.8 Å². The van der Waals surface area contributed by atoms with E-state index < -0.39 is 14.5 Å². The predicted molar refractivity (Wildman–Crippen MR) is 82.7 cm³/mol. The van der Waals surface area contributed by atoms with E-state index in [0.717, 1.165) is 5.75 Å². The van der Waals surface area contributed by atoms with Crippen molar-refractivity contribution in [1.29, 1.82) is 0 Å². The lowest BCUT2D eigenvalue weighted by molar-refractivity contribution is 0.0180. The number of ether oxygens (including phenoxy) is 1. The third-order valence-corrected chi connectivity index (χ3v) is 6.60. The SMILES string of the molecule is CC(C)[CH2][Al]([CH2]C(C)C)[O]C(C)Oc1ccccc1. The number of para-hydroxylation sites is 1. The fraction of sp³-hybridized carbons (Fsp3) is 0.625. The summed E-state index contributed by atoms with van der Waals surface area (Å²) in [6, 6.07) is 9.91. The van der Waals surface area contributed by atoms with Crippen molar-refractivity contribution in [3.8, 4) is 5.75 Å². The van der Waals surface area contributed by atoms with Crippen molar-refractivity contribution in [2.24, 2.45) is 11.8 Å². The molecule has 0 saturated heterocycles. The van der Waals surface area contributed by atoms with Crippen molar-refractivity contribution in [3.05, 3.63) is 30.3 Å². The van der Waals surface area contributed by atoms with E-state index >= 15 is 0 Å². The summed E-state index contributed by atoms with van der Waals surface area (Å²) in [5.74, 6) is 2.30. The first-order valence-electron chi connectivity index (χ1n) is 7.34. The lowest BCUT2D eigenvalue weighted by atomic mass is 10.3. The van der Waals surface area contributed by atoms with E-state index in [1.54, 1.807) is 0 Å². The molecular formula is C16H27AlO2. The van der Waals surface area contributed by atoms with E-state index in [4.69, 9.17) is 8.53 Å². The summed E-state index contributed by atoms with van der Waals surface area (Å²) in [7, 11) is 0. The van der Waals surface area contributed by atoms with Gasteiger partial charge in [0, 0.05) is 0 Å². The molecule has 0 aliphatic carbocycles. The molecule has 1 rings (SSSR count). The molecule has 0 spiro atoms. The largest absolute Gasteiger partial charge is 0.469 e. The van der Waals surface area contributed by atoms with E-state index in [1.165, 1.54) is 10.6 Å². The van der Waals surface area contributed by atoms with Gasteiger partial charge in [-0.2, -0.15) is 0 Å². The Labute approximate surface area is 122 Å². The second-order valence-electron chi connectivity index (χ2n) is 6.02. The van der Waals surface area contributed by atoms with Gasteiger partial charge in [-0.3, -0.25) is 0 Å². The maximum atomic E-state index is 6.19. The van der Waals surface area contributed by atoms with Crippen LogP contribution in [0.25, 0.3) is 0 Å². The van der Waals surface area contributed by atoms with Crippen LogP contribution in [0.2, 0.25) is 10.6 Å². The van der Waals surface area contributed by atoms with Crippen LogP contribution in [0, 0.1) is 11.8 Å². The van der Waals surface area contributed by atoms with Gasteiger partial charge in [0.1, 0.15) is 5.75 Å². The van der Waals surface area contributed by atoms with Crippen LogP contribution in [0.1, 0.15) is 34.6 Å². The van der Waals surface area contributed by atoms with Crippen molar-refractivity contribution in [3.63, 3.8) is 0 Å². The summed E-state index contributed by atoms with van der Waals surface area (Å²) >= 11 is -1.17. The summed E-state index contributed by atoms with van der Waals surface area (Å²) in [4.78, 5) is 0. The molecule has 0 bridgehead atoms. The van der Waals surface area contributed by atoms with Gasteiger partial charge in [0.2, 0.25) is 0 Å². The second kappa shape index (κ2) is 8.64. The van der Waals surface area contributed by atoms with Gasteiger partial charge in [0.05, 0.1) is 0 Å². The second-order valence-corrected chi connectivity index (χ2v) is 8.47. The Kier molecular flexibility index (Phi) is 7.53. The van der Waals surface area contributed by atoms with Crippen LogP contribution in [0.5, 0.6) is 5.75 Å². The highest BCUT2D eigenvalue weighted by Gasteiger charge is 2.25. The average Bonchev–Trinajstić information content (AvgIpc) is 2.27. The molecule has 0 aliphatic rings. The molecule has 0 radical (unpaired) electrons. The van der Waals surface area contributed by atoms with E-state index in [9.17, 15) is 0 Å². The summed E-state index contributed by atoms with van der Waals surface area (Å²) < 4.78 is 12.0. The van der Waals surface area contributed by atoms with E-state index in [-0.39, 0.29) is 6.29 Å². The lowest BCUT2D eigenvalue weighted by Crippen LogP contribution is -2.30. The van der Waals surface area contributed by atoms with Gasteiger partial charge in [0.25, 0.3) is 0 Å². The van der Waals surface area contributed by atoms with Crippen LogP contribution < -0.4 is 4.74 Å². The van der Waals surface area contributed by atoms with Gasteiger partial charge in [-0.15, -0.1) is 0 Å². The lowest BCUT2D eigenvalue weighted by Gasteiger charge is -2.23. The van der Waals surface area contributed by atoms with Crippen molar-refractivity contribution in [2.45, 2.75) is 51.5 Å². The Morgan fingerprint density at radius 3 is 1.89 bits per heavy atom. The molecule has 0 heterocycles. The van der Waals surface area contributed by atoms with Crippen molar-refractivity contribution in [2.75, 3.05) is 0 Å². The first-order chi connectivity index (χ1) is 8.97. The highest BCUT2D eigenvalue weighted by Crippen LogP contribution is 2.18. The Morgan fingerprint density at radius 1 is 0.895 bits per heavy atom. The van der Waals surface area contributed by atoms with Gasteiger partial charge in [-0.1, -0.05) is 68.3 Å². The first-order valence-corrected chi connectivity index (χ1v) is 9.45. The smallest absolute Gasteiger partial charge is 0.464 e. The quantitative estimate of drug-likeness (QED) is 0.505. The van der Waals surface area contributed by atoms with E-state index in [2.05, 4.69) is 27.7 Å². The van der Waals surface area contributed by atoms with Gasteiger partial charge in [-0.25, -0.2) is 0 Å². The summed E-state index contributed by atoms with van der Waals surface area (Å²) in [6.07, 6.45) is -0.142. The molecule has 1 unspecified atom stereocenters. The van der Waals surface area contributed by atoms with Crippen LogP contribution in [0.4, 0.5) is 0 Å². The topological polar surface area (TPSA) is 18.5 Å². The monoisotopic (exact) mass is 278 g/mol. The fourth-order valence-electron chi connectivity index (χ4n) is 2.25. The highest BCUT2D eigenvalue weighted by atomic mass is 27.2. The predicted octanol–water partition coefficient (Wildman–Crippen LogP) is 4.73. The first kappa shape index (κ1) is 16.6. The standard InChI is InChI=1S/C8H9O2.2C4H9.Al/c1-7(9)10-8-5-3-2-4-6-8;2*1-4(2)3;/h2-7H,1H3;2*4H,1H2,2-3H3;/q-1;;;+1. The molecule has 0 saturated carbocycles. The van der Waals surface area contributed by atoms with Gasteiger partial charge < -0.3 is 8.53 Å². The van der Waals surface area contributed by atoms with Crippen LogP contribution in [-0.2, 0) is 3.79 Å². The van der Waals surface area contributed by atoms with Crippen LogP contribution in [-0.4, -0.2) is 20.8 Å². The number of rotatable bonds is 8. The Morgan fingerprint density at radius 2 is 1.42 bits per heavy atom. The minimum atomic E-state index is -1.17. The molecular weight excluding hydrogens is 251 g/mol. The zero-order valence-electron chi connectivity index (χ0n) is 12.9. The minimum Gasteiger partial charge on any atom is -0.469 e. The molecule has 0 N–H and O–H groups in total. The zero-order valence-corrected chi connectivity index (χ0v) is 14.1. The summed E-state index contributed by atoms with van der Waals surface area (Å²) in [6.45, 7) is 11.1. The minimum absolute atomic E-state index is 0.142. The maximum Gasteiger partial charge on any atom is 0.464 e. The summed E-state index contributed by atoms with van der Waals surface area (Å²) in [5.41, 5.74) is 0. The van der Waals surface area contributed by atoms with Crippen LogP contribution in [0.15, 0.2) is 30.3 Å². The van der Waals surface area contributed by atoms with Crippen LogP contribution in [0.3, 0.4) is 0 Å². The molecule has 1 aromatic rings. The highest BCUT2D eigenvalue weighted by molar-refractivity contribution is 6.51. The fourth-order valence-corrected chi connectivity index (χ4v) is 5.36. The summed E-state index contributed by atoms with van der Waals surface area (Å²) in [5, 5.41) is 2.45. The normalized spacial score (nSPS) is 12.8. The Balaban J connectivity index is 2.48. The average molecular weight is 278 g/mol. The van der Waals surface area contributed by atoms with Crippen molar-refractivity contribution >= 4 is 14.5 Å². The molecule has 0 amide bonds. The van der Waals surface area contributed by atoms with Gasteiger partial charge >= 0.3 is 14.5 Å². The Bertz CT molecular complexity index is 328. The number of benzene rings is 1. The third-order valence-electron chi connectivity index (χ3n) is 2.90. The molecule has 2 nitrogen and oxygen atoms in total. The van der Waals surface area contributed by atoms with Gasteiger partial charge in [-0.05, 0) is 19.1 Å².